The van der Waals surface area contributed by atoms with Gasteiger partial charge in [0.05, 0.1) is 21.7 Å². The summed E-state index contributed by atoms with van der Waals surface area (Å²) in [5.74, 6) is -1.35. The molecule has 0 aromatic heterocycles. The van der Waals surface area contributed by atoms with Crippen LogP contribution in [0.3, 0.4) is 0 Å². The summed E-state index contributed by atoms with van der Waals surface area (Å²) < 4.78 is 26.5. The third-order valence-electron chi connectivity index (χ3n) is 2.63. The van der Waals surface area contributed by atoms with Gasteiger partial charge in [-0.3, -0.25) is 0 Å². The third-order valence-corrected chi connectivity index (χ3v) is 4.87. The van der Waals surface area contributed by atoms with Gasteiger partial charge in [0, 0.05) is 6.54 Å². The Morgan fingerprint density at radius 2 is 1.95 bits per heavy atom. The van der Waals surface area contributed by atoms with Crippen LogP contribution in [-0.4, -0.2) is 37.2 Å². The molecule has 0 amide bonds. The van der Waals surface area contributed by atoms with Crippen molar-refractivity contribution in [2.45, 2.75) is 30.8 Å². The van der Waals surface area contributed by atoms with Crippen LogP contribution in [0, 0.1) is 0 Å². The van der Waals surface area contributed by atoms with Gasteiger partial charge in [0.15, 0.2) is 0 Å². The fourth-order valence-electron chi connectivity index (χ4n) is 1.58. The molecule has 0 radical (unpaired) electrons. The number of hydrogen-bond acceptors (Lipinski definition) is 4. The molecule has 0 spiro atoms. The minimum atomic E-state index is -3.95. The van der Waals surface area contributed by atoms with Crippen LogP contribution in [0.1, 0.15) is 30.1 Å². The smallest absolute Gasteiger partial charge is 0.337 e. The van der Waals surface area contributed by atoms with Crippen molar-refractivity contribution < 1.29 is 23.4 Å². The molecule has 1 unspecified atom stereocenters. The Kier molecular flexibility index (Phi) is 6.42. The topological polar surface area (TPSA) is 104 Å². The predicted molar refractivity (Wildman–Crippen MR) is 79.5 cm³/mol. The molecule has 1 rings (SSSR count). The van der Waals surface area contributed by atoms with Crippen LogP contribution >= 0.6 is 23.2 Å². The molecule has 6 nitrogen and oxygen atoms in total. The predicted octanol–water partition coefficient (Wildman–Crippen LogP) is 2.13. The number of aliphatic hydroxyl groups is 1. The van der Waals surface area contributed by atoms with Crippen LogP contribution in [0.25, 0.3) is 0 Å². The van der Waals surface area contributed by atoms with Crippen molar-refractivity contribution in [1.29, 1.82) is 0 Å². The lowest BCUT2D eigenvalue weighted by atomic mass is 10.2. The number of carbonyl (C=O) groups is 1. The first-order valence-electron chi connectivity index (χ1n) is 6.05. The van der Waals surface area contributed by atoms with Crippen molar-refractivity contribution in [2.75, 3.05) is 6.54 Å². The number of rotatable bonds is 7. The van der Waals surface area contributed by atoms with E-state index < -0.39 is 22.1 Å². The molecule has 0 bridgehead atoms. The molecule has 0 saturated heterocycles. The van der Waals surface area contributed by atoms with Crippen molar-refractivity contribution in [3.05, 3.63) is 27.7 Å². The first kappa shape index (κ1) is 18.2. The van der Waals surface area contributed by atoms with E-state index in [1.807, 2.05) is 0 Å². The molecule has 0 aliphatic rings. The number of sulfonamides is 1. The summed E-state index contributed by atoms with van der Waals surface area (Å²) in [6.45, 7) is 1.71. The molecule has 9 heteroatoms. The van der Waals surface area contributed by atoms with Crippen LogP contribution < -0.4 is 4.72 Å². The maximum Gasteiger partial charge on any atom is 0.337 e. The average Bonchev–Trinajstić information content (AvgIpc) is 2.33. The van der Waals surface area contributed by atoms with E-state index in [4.69, 9.17) is 33.4 Å². The van der Waals surface area contributed by atoms with E-state index in [-0.39, 0.29) is 27.0 Å². The number of aliphatic hydroxyl groups excluding tert-OH is 1. The third kappa shape index (κ3) is 5.12. The van der Waals surface area contributed by atoms with Crippen LogP contribution in [0.4, 0.5) is 0 Å². The Labute approximate surface area is 132 Å². The van der Waals surface area contributed by atoms with E-state index in [1.54, 1.807) is 6.92 Å². The van der Waals surface area contributed by atoms with Gasteiger partial charge in [-0.2, -0.15) is 0 Å². The van der Waals surface area contributed by atoms with Crippen LogP contribution in [0.5, 0.6) is 0 Å². The number of carboxylic acid groups (broad SMARTS) is 1. The highest BCUT2D eigenvalue weighted by Gasteiger charge is 2.22. The maximum atomic E-state index is 12.1. The van der Waals surface area contributed by atoms with Crippen molar-refractivity contribution in [3.63, 3.8) is 0 Å². The molecule has 0 aliphatic heterocycles. The zero-order chi connectivity index (χ0) is 16.2. The zero-order valence-corrected chi connectivity index (χ0v) is 13.5. The van der Waals surface area contributed by atoms with Gasteiger partial charge in [-0.25, -0.2) is 17.9 Å². The van der Waals surface area contributed by atoms with Crippen molar-refractivity contribution in [1.82, 2.24) is 4.72 Å². The second-order valence-electron chi connectivity index (χ2n) is 4.46. The van der Waals surface area contributed by atoms with Crippen LogP contribution in [-0.2, 0) is 10.0 Å². The molecule has 1 aromatic carbocycles. The van der Waals surface area contributed by atoms with E-state index in [2.05, 4.69) is 4.72 Å². The van der Waals surface area contributed by atoms with E-state index >= 15 is 0 Å². The molecular formula is C12H15Cl2NO5S. The van der Waals surface area contributed by atoms with Crippen LogP contribution in [0.15, 0.2) is 17.0 Å². The van der Waals surface area contributed by atoms with Gasteiger partial charge >= 0.3 is 5.97 Å². The molecule has 0 aliphatic carbocycles. The van der Waals surface area contributed by atoms with Gasteiger partial charge in [0.2, 0.25) is 10.0 Å². The largest absolute Gasteiger partial charge is 0.478 e. The minimum Gasteiger partial charge on any atom is -0.478 e. The van der Waals surface area contributed by atoms with Gasteiger partial charge in [-0.05, 0) is 31.9 Å². The molecule has 1 aromatic rings. The Hall–Kier alpha value is -0.860. The summed E-state index contributed by atoms with van der Waals surface area (Å²) in [5, 5.41) is 17.7. The van der Waals surface area contributed by atoms with Crippen molar-refractivity contribution in [2.24, 2.45) is 0 Å². The summed E-state index contributed by atoms with van der Waals surface area (Å²) in [4.78, 5) is 10.6. The molecule has 21 heavy (non-hydrogen) atoms. The number of carboxylic acids is 1. The van der Waals surface area contributed by atoms with Gasteiger partial charge in [0.1, 0.15) is 4.90 Å². The molecule has 118 valence electrons. The molecule has 0 heterocycles. The summed E-state index contributed by atoms with van der Waals surface area (Å²) in [6, 6.07) is 2.00. The van der Waals surface area contributed by atoms with Gasteiger partial charge in [0.25, 0.3) is 0 Å². The minimum absolute atomic E-state index is 0.106. The average molecular weight is 356 g/mol. The van der Waals surface area contributed by atoms with E-state index in [0.717, 1.165) is 12.1 Å². The van der Waals surface area contributed by atoms with E-state index in [0.29, 0.717) is 12.8 Å². The fraction of sp³-hybridized carbons (Fsp3) is 0.417. The summed E-state index contributed by atoms with van der Waals surface area (Å²) >= 11 is 11.5. The molecule has 0 saturated carbocycles. The fourth-order valence-corrected chi connectivity index (χ4v) is 3.51. The first-order valence-corrected chi connectivity index (χ1v) is 8.29. The SMILES string of the molecule is CC(O)CCCNS(=O)(=O)c1cc(C(=O)O)c(Cl)cc1Cl. The van der Waals surface area contributed by atoms with Crippen LogP contribution in [0.2, 0.25) is 10.0 Å². The number of benzene rings is 1. The zero-order valence-electron chi connectivity index (χ0n) is 11.1. The number of halogens is 2. The van der Waals surface area contributed by atoms with Gasteiger partial charge in [-0.15, -0.1) is 0 Å². The molecule has 1 atom stereocenters. The first-order chi connectivity index (χ1) is 9.65. The highest BCUT2D eigenvalue weighted by Crippen LogP contribution is 2.28. The maximum absolute atomic E-state index is 12.1. The monoisotopic (exact) mass is 355 g/mol. The molecule has 3 N–H and O–H groups in total. The lowest BCUT2D eigenvalue weighted by molar-refractivity contribution is 0.0697. The second kappa shape index (κ2) is 7.42. The Morgan fingerprint density at radius 3 is 2.48 bits per heavy atom. The lowest BCUT2D eigenvalue weighted by Crippen LogP contribution is -2.26. The lowest BCUT2D eigenvalue weighted by Gasteiger charge is -2.10. The highest BCUT2D eigenvalue weighted by atomic mass is 35.5. The number of nitrogens with one attached hydrogen (secondary N) is 1. The normalized spacial score (nSPS) is 13.1. The standard InChI is InChI=1S/C12H15Cl2NO5S/c1-7(16)3-2-4-15-21(19,20)11-5-8(12(17)18)9(13)6-10(11)14/h5-7,15-16H,2-4H2,1H3,(H,17,18). The van der Waals surface area contributed by atoms with E-state index in [9.17, 15) is 13.2 Å². The number of aromatic carboxylic acids is 1. The Balaban J connectivity index is 2.97. The highest BCUT2D eigenvalue weighted by molar-refractivity contribution is 7.89. The Morgan fingerprint density at radius 1 is 1.33 bits per heavy atom. The number of hydrogen-bond donors (Lipinski definition) is 3. The quantitative estimate of drug-likeness (QED) is 0.650. The second-order valence-corrected chi connectivity index (χ2v) is 7.01. The summed E-state index contributed by atoms with van der Waals surface area (Å²) in [6.07, 6.45) is 0.359. The van der Waals surface area contributed by atoms with Crippen molar-refractivity contribution in [3.8, 4) is 0 Å². The Bertz CT molecular complexity index is 631. The molecular weight excluding hydrogens is 341 g/mol. The van der Waals surface area contributed by atoms with Gasteiger partial charge in [-0.1, -0.05) is 23.2 Å². The summed E-state index contributed by atoms with van der Waals surface area (Å²) in [7, 11) is -3.95. The van der Waals surface area contributed by atoms with Crippen molar-refractivity contribution >= 4 is 39.2 Å². The van der Waals surface area contributed by atoms with E-state index in [1.165, 1.54) is 0 Å². The molecule has 0 fully saturated rings. The van der Waals surface area contributed by atoms with Gasteiger partial charge < -0.3 is 10.2 Å². The summed E-state index contributed by atoms with van der Waals surface area (Å²) in [5.41, 5.74) is -0.342.